The molecule has 0 bridgehead atoms. The van der Waals surface area contributed by atoms with Crippen molar-refractivity contribution < 1.29 is 9.53 Å². The molecule has 1 unspecified atom stereocenters. The van der Waals surface area contributed by atoms with Gasteiger partial charge in [-0.2, -0.15) is 0 Å². The molecule has 0 aliphatic carbocycles. The fourth-order valence-corrected chi connectivity index (χ4v) is 2.19. The van der Waals surface area contributed by atoms with E-state index in [0.717, 1.165) is 17.7 Å². The van der Waals surface area contributed by atoms with Gasteiger partial charge in [-0.1, -0.05) is 19.1 Å². The van der Waals surface area contributed by atoms with Crippen LogP contribution < -0.4 is 4.43 Å². The van der Waals surface area contributed by atoms with Crippen molar-refractivity contribution in [1.29, 1.82) is 0 Å². The van der Waals surface area contributed by atoms with Gasteiger partial charge in [0.2, 0.25) is 8.32 Å². The molecule has 1 atom stereocenters. The summed E-state index contributed by atoms with van der Waals surface area (Å²) in [5, 5.41) is 9.62. The van der Waals surface area contributed by atoms with Crippen LogP contribution in [0.5, 0.6) is 5.75 Å². The van der Waals surface area contributed by atoms with Crippen LogP contribution in [0.4, 0.5) is 0 Å². The van der Waals surface area contributed by atoms with E-state index in [2.05, 4.69) is 19.6 Å². The first-order valence-corrected chi connectivity index (χ1v) is 8.80. The molecule has 0 aliphatic heterocycles. The van der Waals surface area contributed by atoms with Gasteiger partial charge in [-0.25, -0.2) is 0 Å². The van der Waals surface area contributed by atoms with E-state index in [-0.39, 0.29) is 6.10 Å². The van der Waals surface area contributed by atoms with Crippen LogP contribution in [-0.4, -0.2) is 13.4 Å². The van der Waals surface area contributed by atoms with Crippen LogP contribution in [0.3, 0.4) is 0 Å². The van der Waals surface area contributed by atoms with E-state index >= 15 is 0 Å². The van der Waals surface area contributed by atoms with Gasteiger partial charge in [0, 0.05) is 0 Å². The van der Waals surface area contributed by atoms with Crippen LogP contribution >= 0.6 is 0 Å². The van der Waals surface area contributed by atoms with Crippen LogP contribution in [-0.2, 0) is 0 Å². The molecule has 0 saturated carbocycles. The number of hydrogen-bond donors (Lipinski definition) is 1. The minimum absolute atomic E-state index is 0.356. The summed E-state index contributed by atoms with van der Waals surface area (Å²) in [5.74, 6) is 0.904. The Bertz CT molecular complexity index is 300. The number of benzene rings is 1. The highest BCUT2D eigenvalue weighted by atomic mass is 28.4. The lowest BCUT2D eigenvalue weighted by Crippen LogP contribution is -2.29. The molecule has 0 spiro atoms. The van der Waals surface area contributed by atoms with E-state index < -0.39 is 8.32 Å². The SMILES string of the molecule is CCC(O)c1ccc(O[Si](C)(C)C)cc1. The summed E-state index contributed by atoms with van der Waals surface area (Å²) < 4.78 is 5.83. The monoisotopic (exact) mass is 224 g/mol. The zero-order valence-electron chi connectivity index (χ0n) is 9.95. The molecular formula is C12H20O2Si. The van der Waals surface area contributed by atoms with Gasteiger partial charge in [0.05, 0.1) is 6.10 Å². The van der Waals surface area contributed by atoms with E-state index in [9.17, 15) is 5.11 Å². The third kappa shape index (κ3) is 4.06. The first-order valence-electron chi connectivity index (χ1n) is 5.39. The first-order chi connectivity index (χ1) is 6.92. The molecule has 2 nitrogen and oxygen atoms in total. The van der Waals surface area contributed by atoms with Crippen LogP contribution in [0.2, 0.25) is 19.6 Å². The minimum Gasteiger partial charge on any atom is -0.544 e. The molecule has 1 aromatic rings. The highest BCUT2D eigenvalue weighted by Gasteiger charge is 2.16. The Morgan fingerprint density at radius 3 is 2.13 bits per heavy atom. The van der Waals surface area contributed by atoms with Crippen molar-refractivity contribution in [3.63, 3.8) is 0 Å². The quantitative estimate of drug-likeness (QED) is 0.795. The zero-order chi connectivity index (χ0) is 11.5. The lowest BCUT2D eigenvalue weighted by molar-refractivity contribution is 0.173. The normalized spacial score (nSPS) is 13.7. The standard InChI is InChI=1S/C12H20O2Si/c1-5-12(13)10-6-8-11(9-7-10)14-15(2,3)4/h6-9,12-13H,5H2,1-4H3. The van der Waals surface area contributed by atoms with Crippen molar-refractivity contribution >= 4 is 8.32 Å². The first kappa shape index (κ1) is 12.3. The maximum absolute atomic E-state index is 9.62. The van der Waals surface area contributed by atoms with Gasteiger partial charge < -0.3 is 9.53 Å². The van der Waals surface area contributed by atoms with Crippen molar-refractivity contribution in [3.8, 4) is 5.75 Å². The van der Waals surface area contributed by atoms with Crippen molar-refractivity contribution in [2.45, 2.75) is 39.1 Å². The van der Waals surface area contributed by atoms with Crippen LogP contribution in [0, 0.1) is 0 Å². The summed E-state index contributed by atoms with van der Waals surface area (Å²) in [6.45, 7) is 8.43. The lowest BCUT2D eigenvalue weighted by atomic mass is 10.1. The maximum Gasteiger partial charge on any atom is 0.242 e. The number of aliphatic hydroxyl groups is 1. The van der Waals surface area contributed by atoms with Gasteiger partial charge in [0.15, 0.2) is 0 Å². The van der Waals surface area contributed by atoms with Gasteiger partial charge in [-0.3, -0.25) is 0 Å². The number of rotatable bonds is 4. The fraction of sp³-hybridized carbons (Fsp3) is 0.500. The molecule has 1 N–H and O–H groups in total. The second-order valence-electron chi connectivity index (χ2n) is 4.71. The number of hydrogen-bond acceptors (Lipinski definition) is 2. The van der Waals surface area contributed by atoms with Gasteiger partial charge in [0.1, 0.15) is 5.75 Å². The third-order valence-electron chi connectivity index (χ3n) is 2.08. The molecule has 84 valence electrons. The lowest BCUT2D eigenvalue weighted by Gasteiger charge is -2.19. The second-order valence-corrected chi connectivity index (χ2v) is 9.14. The van der Waals surface area contributed by atoms with E-state index in [1.807, 2.05) is 31.2 Å². The molecule has 0 heterocycles. The van der Waals surface area contributed by atoms with Crippen molar-refractivity contribution in [1.82, 2.24) is 0 Å². The Kier molecular flexibility index (Phi) is 3.94. The largest absolute Gasteiger partial charge is 0.544 e. The van der Waals surface area contributed by atoms with Crippen LogP contribution in [0.15, 0.2) is 24.3 Å². The molecule has 0 aliphatic rings. The topological polar surface area (TPSA) is 29.5 Å². The fourth-order valence-electron chi connectivity index (χ4n) is 1.35. The molecule has 0 fully saturated rings. The van der Waals surface area contributed by atoms with Crippen molar-refractivity contribution in [3.05, 3.63) is 29.8 Å². The molecule has 0 aromatic heterocycles. The van der Waals surface area contributed by atoms with E-state index in [1.54, 1.807) is 0 Å². The summed E-state index contributed by atoms with van der Waals surface area (Å²) >= 11 is 0. The van der Waals surface area contributed by atoms with E-state index in [0.29, 0.717) is 0 Å². The van der Waals surface area contributed by atoms with Gasteiger partial charge in [-0.05, 0) is 43.8 Å². The van der Waals surface area contributed by atoms with Crippen LogP contribution in [0.1, 0.15) is 25.0 Å². The maximum atomic E-state index is 9.62. The highest BCUT2D eigenvalue weighted by molar-refractivity contribution is 6.70. The molecule has 15 heavy (non-hydrogen) atoms. The Hall–Kier alpha value is -0.803. The Morgan fingerprint density at radius 2 is 1.73 bits per heavy atom. The average molecular weight is 224 g/mol. The zero-order valence-corrected chi connectivity index (χ0v) is 10.9. The Labute approximate surface area is 93.0 Å². The summed E-state index contributed by atoms with van der Waals surface area (Å²) in [6.07, 6.45) is 0.389. The summed E-state index contributed by atoms with van der Waals surface area (Å²) in [7, 11) is -1.51. The minimum atomic E-state index is -1.51. The highest BCUT2D eigenvalue weighted by Crippen LogP contribution is 2.21. The Balaban J connectivity index is 2.72. The summed E-state index contributed by atoms with van der Waals surface area (Å²) in [6, 6.07) is 7.74. The van der Waals surface area contributed by atoms with Gasteiger partial charge >= 0.3 is 0 Å². The molecule has 0 saturated heterocycles. The molecule has 0 radical (unpaired) electrons. The second kappa shape index (κ2) is 4.81. The van der Waals surface area contributed by atoms with Crippen molar-refractivity contribution in [2.75, 3.05) is 0 Å². The molecular weight excluding hydrogens is 204 g/mol. The van der Waals surface area contributed by atoms with E-state index in [4.69, 9.17) is 4.43 Å². The van der Waals surface area contributed by atoms with E-state index in [1.165, 1.54) is 0 Å². The van der Waals surface area contributed by atoms with Crippen LogP contribution in [0.25, 0.3) is 0 Å². The molecule has 1 aromatic carbocycles. The smallest absolute Gasteiger partial charge is 0.242 e. The number of aliphatic hydroxyl groups excluding tert-OH is 1. The molecule has 0 amide bonds. The predicted molar refractivity (Wildman–Crippen MR) is 65.7 cm³/mol. The predicted octanol–water partition coefficient (Wildman–Crippen LogP) is 3.34. The van der Waals surface area contributed by atoms with Crippen molar-refractivity contribution in [2.24, 2.45) is 0 Å². The van der Waals surface area contributed by atoms with Gasteiger partial charge in [0.25, 0.3) is 0 Å². The molecule has 1 rings (SSSR count). The molecule has 3 heteroatoms. The Morgan fingerprint density at radius 1 is 1.20 bits per heavy atom. The average Bonchev–Trinajstić information content (AvgIpc) is 2.15. The summed E-state index contributed by atoms with van der Waals surface area (Å²) in [5.41, 5.74) is 0.959. The third-order valence-corrected chi connectivity index (χ3v) is 2.92. The van der Waals surface area contributed by atoms with Gasteiger partial charge in [-0.15, -0.1) is 0 Å². The summed E-state index contributed by atoms with van der Waals surface area (Å²) in [4.78, 5) is 0.